The van der Waals surface area contributed by atoms with E-state index in [9.17, 15) is 17.6 Å². The molecule has 2 fully saturated rings. The molecule has 0 radical (unpaired) electrons. The molecule has 0 aromatic heterocycles. The monoisotopic (exact) mass is 358 g/mol. The summed E-state index contributed by atoms with van der Waals surface area (Å²) < 4.78 is 61.8. The molecule has 2 saturated carbocycles. The zero-order valence-corrected chi connectivity index (χ0v) is 13.9. The van der Waals surface area contributed by atoms with E-state index in [0.717, 1.165) is 32.1 Å². The van der Waals surface area contributed by atoms with Crippen LogP contribution in [-0.4, -0.2) is 13.0 Å². The van der Waals surface area contributed by atoms with E-state index in [4.69, 9.17) is 4.74 Å². The number of ether oxygens (including phenoxy) is 2. The van der Waals surface area contributed by atoms with Crippen molar-refractivity contribution in [3.05, 3.63) is 29.6 Å². The van der Waals surface area contributed by atoms with E-state index in [2.05, 4.69) is 4.74 Å². The highest BCUT2D eigenvalue weighted by molar-refractivity contribution is 5.57. The number of hydrogen-bond acceptors (Lipinski definition) is 2. The molecule has 3 rings (SSSR count). The topological polar surface area (TPSA) is 18.5 Å². The van der Waals surface area contributed by atoms with Gasteiger partial charge in [-0.1, -0.05) is 37.8 Å². The van der Waals surface area contributed by atoms with Gasteiger partial charge in [0.25, 0.3) is 0 Å². The maximum absolute atomic E-state index is 14.5. The van der Waals surface area contributed by atoms with Crippen molar-refractivity contribution < 1.29 is 27.0 Å². The fraction of sp³-hybridized carbons (Fsp3) is 0.579. The van der Waals surface area contributed by atoms with Crippen LogP contribution in [0.1, 0.15) is 50.5 Å². The SMILES string of the molecule is Fc1c(/C=C/C2CC2)ccc(OCCC2CCCC2)c1OC(F)(F)F. The molecule has 25 heavy (non-hydrogen) atoms. The smallest absolute Gasteiger partial charge is 0.490 e. The number of benzene rings is 1. The highest BCUT2D eigenvalue weighted by Crippen LogP contribution is 2.38. The van der Waals surface area contributed by atoms with Crippen molar-refractivity contribution in [3.63, 3.8) is 0 Å². The number of allylic oxidation sites excluding steroid dienone is 1. The molecule has 0 bridgehead atoms. The molecule has 0 unspecified atom stereocenters. The number of halogens is 4. The average molecular weight is 358 g/mol. The molecule has 138 valence electrons. The Bertz CT molecular complexity index is 615. The van der Waals surface area contributed by atoms with Gasteiger partial charge in [-0.2, -0.15) is 0 Å². The Balaban J connectivity index is 1.73. The van der Waals surface area contributed by atoms with Gasteiger partial charge in [0, 0.05) is 5.56 Å². The summed E-state index contributed by atoms with van der Waals surface area (Å²) in [6.45, 7) is 0.260. The third kappa shape index (κ3) is 5.38. The van der Waals surface area contributed by atoms with Gasteiger partial charge in [0.2, 0.25) is 5.75 Å². The molecule has 0 N–H and O–H groups in total. The predicted octanol–water partition coefficient (Wildman–Crippen LogP) is 6.11. The fourth-order valence-corrected chi connectivity index (χ4v) is 3.17. The van der Waals surface area contributed by atoms with E-state index < -0.39 is 17.9 Å². The molecule has 2 aliphatic carbocycles. The minimum atomic E-state index is -4.97. The lowest BCUT2D eigenvalue weighted by Crippen LogP contribution is -2.19. The average Bonchev–Trinajstić information content (AvgIpc) is 3.23. The molecule has 6 heteroatoms. The van der Waals surface area contributed by atoms with Crippen molar-refractivity contribution >= 4 is 6.08 Å². The Morgan fingerprint density at radius 1 is 1.08 bits per heavy atom. The number of rotatable bonds is 7. The quantitative estimate of drug-likeness (QED) is 0.548. The second-order valence-electron chi connectivity index (χ2n) is 6.83. The van der Waals surface area contributed by atoms with Crippen LogP contribution >= 0.6 is 0 Å². The lowest BCUT2D eigenvalue weighted by molar-refractivity contribution is -0.276. The summed E-state index contributed by atoms with van der Waals surface area (Å²) in [7, 11) is 0. The summed E-state index contributed by atoms with van der Waals surface area (Å²) in [6, 6.07) is 2.79. The van der Waals surface area contributed by atoms with Gasteiger partial charge in [-0.05, 0) is 43.2 Å². The zero-order valence-electron chi connectivity index (χ0n) is 13.9. The van der Waals surface area contributed by atoms with E-state index in [1.54, 1.807) is 0 Å². The minimum absolute atomic E-state index is 0.0780. The zero-order chi connectivity index (χ0) is 17.9. The first-order valence-electron chi connectivity index (χ1n) is 8.81. The van der Waals surface area contributed by atoms with Crippen LogP contribution in [0.4, 0.5) is 17.6 Å². The van der Waals surface area contributed by atoms with Crippen LogP contribution in [0.5, 0.6) is 11.5 Å². The second-order valence-corrected chi connectivity index (χ2v) is 6.83. The van der Waals surface area contributed by atoms with Crippen LogP contribution in [-0.2, 0) is 0 Å². The van der Waals surface area contributed by atoms with Crippen LogP contribution in [0, 0.1) is 17.7 Å². The van der Waals surface area contributed by atoms with Gasteiger partial charge in [0.1, 0.15) is 0 Å². The van der Waals surface area contributed by atoms with E-state index in [1.807, 2.05) is 6.08 Å². The highest BCUT2D eigenvalue weighted by atomic mass is 19.4. The lowest BCUT2D eigenvalue weighted by atomic mass is 10.1. The van der Waals surface area contributed by atoms with Gasteiger partial charge in [-0.3, -0.25) is 0 Å². The van der Waals surface area contributed by atoms with Gasteiger partial charge in [-0.15, -0.1) is 13.2 Å². The molecule has 2 aliphatic rings. The predicted molar refractivity (Wildman–Crippen MR) is 86.9 cm³/mol. The summed E-state index contributed by atoms with van der Waals surface area (Å²) in [4.78, 5) is 0. The Kier molecular flexibility index (Phi) is 5.54. The van der Waals surface area contributed by atoms with Gasteiger partial charge < -0.3 is 9.47 Å². The van der Waals surface area contributed by atoms with E-state index >= 15 is 0 Å². The summed E-state index contributed by atoms with van der Waals surface area (Å²) in [5.41, 5.74) is 0.0780. The van der Waals surface area contributed by atoms with Gasteiger partial charge in [-0.25, -0.2) is 4.39 Å². The molecule has 2 nitrogen and oxygen atoms in total. The largest absolute Gasteiger partial charge is 0.573 e. The molecule has 0 aliphatic heterocycles. The van der Waals surface area contributed by atoms with E-state index in [0.29, 0.717) is 11.8 Å². The standard InChI is InChI=1S/C19H22F4O2/c20-17-15(8-7-14-5-6-14)9-10-16(18(17)25-19(21,22)23)24-12-11-13-3-1-2-4-13/h7-10,13-14H,1-6,11-12H2/b8-7+. The fourth-order valence-electron chi connectivity index (χ4n) is 3.17. The molecule has 0 atom stereocenters. The van der Waals surface area contributed by atoms with Gasteiger partial charge >= 0.3 is 6.36 Å². The first kappa shape index (κ1) is 18.1. The van der Waals surface area contributed by atoms with Gasteiger partial charge in [0.15, 0.2) is 11.6 Å². The molecule has 0 amide bonds. The van der Waals surface area contributed by atoms with E-state index in [1.165, 1.54) is 31.1 Å². The van der Waals surface area contributed by atoms with Crippen LogP contribution in [0.25, 0.3) is 6.08 Å². The summed E-state index contributed by atoms with van der Waals surface area (Å²) in [5.74, 6) is -1.17. The van der Waals surface area contributed by atoms with Crippen LogP contribution < -0.4 is 9.47 Å². The van der Waals surface area contributed by atoms with Crippen molar-refractivity contribution in [2.24, 2.45) is 11.8 Å². The maximum atomic E-state index is 14.5. The van der Waals surface area contributed by atoms with Crippen LogP contribution in [0.2, 0.25) is 0 Å². The van der Waals surface area contributed by atoms with Crippen molar-refractivity contribution in [1.29, 1.82) is 0 Å². The minimum Gasteiger partial charge on any atom is -0.490 e. The van der Waals surface area contributed by atoms with E-state index in [-0.39, 0.29) is 17.9 Å². The summed E-state index contributed by atoms with van der Waals surface area (Å²) in [5, 5.41) is 0. The highest BCUT2D eigenvalue weighted by Gasteiger charge is 2.34. The van der Waals surface area contributed by atoms with Crippen molar-refractivity contribution in [2.45, 2.75) is 51.3 Å². The Morgan fingerprint density at radius 3 is 2.44 bits per heavy atom. The molecule has 0 heterocycles. The lowest BCUT2D eigenvalue weighted by Gasteiger charge is -2.17. The summed E-state index contributed by atoms with van der Waals surface area (Å²) >= 11 is 0. The molecule has 1 aromatic carbocycles. The van der Waals surface area contributed by atoms with Crippen molar-refractivity contribution in [2.75, 3.05) is 6.61 Å². The molecular weight excluding hydrogens is 336 g/mol. The first-order valence-corrected chi connectivity index (χ1v) is 8.81. The molecular formula is C19H22F4O2. The van der Waals surface area contributed by atoms with Crippen molar-refractivity contribution in [3.8, 4) is 11.5 Å². The molecule has 0 saturated heterocycles. The molecule has 1 aromatic rings. The molecule has 0 spiro atoms. The normalized spacial score (nSPS) is 18.9. The van der Waals surface area contributed by atoms with Crippen molar-refractivity contribution in [1.82, 2.24) is 0 Å². The number of hydrogen-bond donors (Lipinski definition) is 0. The van der Waals surface area contributed by atoms with Crippen LogP contribution in [0.3, 0.4) is 0 Å². The van der Waals surface area contributed by atoms with Crippen LogP contribution in [0.15, 0.2) is 18.2 Å². The number of alkyl halides is 3. The summed E-state index contributed by atoms with van der Waals surface area (Å²) in [6.07, 6.45) is 5.80. The Hall–Kier alpha value is -1.72. The first-order chi connectivity index (χ1) is 11.9. The van der Waals surface area contributed by atoms with Gasteiger partial charge in [0.05, 0.1) is 6.61 Å². The third-order valence-corrected chi connectivity index (χ3v) is 4.74. The Morgan fingerprint density at radius 2 is 1.80 bits per heavy atom. The Labute approximate surface area is 144 Å². The second kappa shape index (κ2) is 7.67. The third-order valence-electron chi connectivity index (χ3n) is 4.74. The maximum Gasteiger partial charge on any atom is 0.573 e.